The number of benzene rings is 1. The fourth-order valence-electron chi connectivity index (χ4n) is 1.75. The third kappa shape index (κ3) is 4.04. The van der Waals surface area contributed by atoms with Crippen molar-refractivity contribution in [1.29, 1.82) is 0 Å². The van der Waals surface area contributed by atoms with Gasteiger partial charge in [0.15, 0.2) is 0 Å². The average molecular weight is 345 g/mol. The van der Waals surface area contributed by atoms with Gasteiger partial charge in [-0.1, -0.05) is 11.6 Å². The zero-order valence-electron chi connectivity index (χ0n) is 11.1. The zero-order chi connectivity index (χ0) is 15.6. The maximum atomic E-state index is 12.1. The van der Waals surface area contributed by atoms with E-state index in [0.717, 1.165) is 16.9 Å². The van der Waals surface area contributed by atoms with Gasteiger partial charge in [0.25, 0.3) is 5.91 Å². The van der Waals surface area contributed by atoms with Crippen molar-refractivity contribution in [3.63, 3.8) is 0 Å². The lowest BCUT2D eigenvalue weighted by Crippen LogP contribution is -2.23. The van der Waals surface area contributed by atoms with Crippen molar-refractivity contribution in [3.8, 4) is 0 Å². The van der Waals surface area contributed by atoms with Gasteiger partial charge in [-0.15, -0.1) is 11.3 Å². The van der Waals surface area contributed by atoms with Gasteiger partial charge >= 0.3 is 0 Å². The van der Waals surface area contributed by atoms with Crippen LogP contribution < -0.4 is 10.5 Å². The first kappa shape index (κ1) is 16.0. The van der Waals surface area contributed by atoms with E-state index >= 15 is 0 Å². The zero-order valence-corrected chi connectivity index (χ0v) is 13.5. The lowest BCUT2D eigenvalue weighted by Gasteiger charge is -2.07. The summed E-state index contributed by atoms with van der Waals surface area (Å²) in [6, 6.07) is 8.06. The molecule has 3 N–H and O–H groups in total. The number of sulfonamides is 1. The highest BCUT2D eigenvalue weighted by Crippen LogP contribution is 2.20. The molecule has 1 heterocycles. The van der Waals surface area contributed by atoms with Crippen molar-refractivity contribution in [1.82, 2.24) is 5.32 Å². The van der Waals surface area contributed by atoms with Crippen molar-refractivity contribution in [2.45, 2.75) is 17.7 Å². The predicted molar refractivity (Wildman–Crippen MR) is 83.1 cm³/mol. The fourth-order valence-corrected chi connectivity index (χ4v) is 3.70. The molecule has 1 aromatic carbocycles. The fraction of sp³-hybridized carbons (Fsp3) is 0.154. The second-order valence-corrected chi connectivity index (χ2v) is 7.80. The van der Waals surface area contributed by atoms with E-state index in [0.29, 0.717) is 15.5 Å². The normalized spacial score (nSPS) is 11.4. The standard InChI is InChI=1S/C13H13ClN2O3S2/c1-8-6-9(14)2-4-11(8)13(17)16-7-10-3-5-12(20-10)21(15,18)19/h2-6H,7H2,1H3,(H,16,17)(H2,15,18,19). The van der Waals surface area contributed by atoms with Crippen LogP contribution >= 0.6 is 22.9 Å². The van der Waals surface area contributed by atoms with E-state index in [1.54, 1.807) is 31.2 Å². The number of rotatable bonds is 4. The Labute approximate surface area is 131 Å². The summed E-state index contributed by atoms with van der Waals surface area (Å²) < 4.78 is 22.4. The van der Waals surface area contributed by atoms with Crippen LogP contribution in [0.15, 0.2) is 34.5 Å². The van der Waals surface area contributed by atoms with Crippen molar-refractivity contribution in [2.24, 2.45) is 5.14 Å². The SMILES string of the molecule is Cc1cc(Cl)ccc1C(=O)NCc1ccc(S(N)(=O)=O)s1. The molecule has 0 saturated heterocycles. The first-order valence-corrected chi connectivity index (χ1v) is 8.67. The maximum Gasteiger partial charge on any atom is 0.251 e. The molecule has 112 valence electrons. The molecule has 2 rings (SSSR count). The molecule has 0 atom stereocenters. The van der Waals surface area contributed by atoms with E-state index in [2.05, 4.69) is 5.32 Å². The van der Waals surface area contributed by atoms with Gasteiger partial charge in [-0.05, 0) is 42.8 Å². The maximum absolute atomic E-state index is 12.1. The number of nitrogens with two attached hydrogens (primary N) is 1. The van der Waals surface area contributed by atoms with Gasteiger partial charge in [0.05, 0.1) is 6.54 Å². The second-order valence-electron chi connectivity index (χ2n) is 4.41. The van der Waals surface area contributed by atoms with Crippen LogP contribution in [0.5, 0.6) is 0 Å². The van der Waals surface area contributed by atoms with E-state index in [1.165, 1.54) is 6.07 Å². The minimum Gasteiger partial charge on any atom is -0.347 e. The smallest absolute Gasteiger partial charge is 0.251 e. The number of thiophene rings is 1. The highest BCUT2D eigenvalue weighted by atomic mass is 35.5. The second kappa shape index (κ2) is 6.15. The van der Waals surface area contributed by atoms with Crippen LogP contribution in [0.1, 0.15) is 20.8 Å². The number of amides is 1. The predicted octanol–water partition coefficient (Wildman–Crippen LogP) is 2.29. The van der Waals surface area contributed by atoms with Crippen LogP contribution in [0.2, 0.25) is 5.02 Å². The van der Waals surface area contributed by atoms with Crippen molar-refractivity contribution < 1.29 is 13.2 Å². The summed E-state index contributed by atoms with van der Waals surface area (Å²) in [5.74, 6) is -0.241. The summed E-state index contributed by atoms with van der Waals surface area (Å²) in [4.78, 5) is 12.8. The van der Waals surface area contributed by atoms with E-state index in [9.17, 15) is 13.2 Å². The lowest BCUT2D eigenvalue weighted by atomic mass is 10.1. The molecule has 0 radical (unpaired) electrons. The molecule has 1 aromatic heterocycles. The molecule has 0 spiro atoms. The molecule has 0 aliphatic rings. The van der Waals surface area contributed by atoms with Gasteiger partial charge in [-0.2, -0.15) is 0 Å². The molecule has 2 aromatic rings. The summed E-state index contributed by atoms with van der Waals surface area (Å²) in [7, 11) is -3.69. The van der Waals surface area contributed by atoms with Gasteiger partial charge in [0.2, 0.25) is 10.0 Å². The molecule has 0 aliphatic carbocycles. The van der Waals surface area contributed by atoms with Crippen molar-refractivity contribution >= 4 is 38.9 Å². The molecule has 1 amide bonds. The van der Waals surface area contributed by atoms with E-state index in [-0.39, 0.29) is 16.7 Å². The highest BCUT2D eigenvalue weighted by molar-refractivity contribution is 7.91. The summed E-state index contributed by atoms with van der Waals surface area (Å²) in [5, 5.41) is 8.34. The van der Waals surface area contributed by atoms with Crippen LogP contribution in [0, 0.1) is 6.92 Å². The molecule has 0 fully saturated rings. The van der Waals surface area contributed by atoms with Crippen LogP contribution in [-0.4, -0.2) is 14.3 Å². The van der Waals surface area contributed by atoms with E-state index in [1.807, 2.05) is 0 Å². The van der Waals surface area contributed by atoms with E-state index < -0.39 is 10.0 Å². The third-order valence-corrected chi connectivity index (χ3v) is 5.53. The molecule has 0 saturated carbocycles. The Morgan fingerprint density at radius 1 is 1.33 bits per heavy atom. The molecule has 0 unspecified atom stereocenters. The first-order valence-electron chi connectivity index (χ1n) is 5.93. The largest absolute Gasteiger partial charge is 0.347 e. The molecule has 0 aliphatic heterocycles. The number of hydrogen-bond acceptors (Lipinski definition) is 4. The van der Waals surface area contributed by atoms with Gasteiger partial charge in [-0.25, -0.2) is 13.6 Å². The minimum atomic E-state index is -3.69. The quantitative estimate of drug-likeness (QED) is 0.891. The number of halogens is 1. The topological polar surface area (TPSA) is 89.3 Å². The molecule has 0 bridgehead atoms. The first-order chi connectivity index (χ1) is 9.77. The third-order valence-electron chi connectivity index (χ3n) is 2.77. The average Bonchev–Trinajstić information content (AvgIpc) is 2.84. The van der Waals surface area contributed by atoms with Crippen molar-refractivity contribution in [2.75, 3.05) is 0 Å². The van der Waals surface area contributed by atoms with Crippen molar-refractivity contribution in [3.05, 3.63) is 51.4 Å². The monoisotopic (exact) mass is 344 g/mol. The summed E-state index contributed by atoms with van der Waals surface area (Å²) in [5.41, 5.74) is 1.30. The Hall–Kier alpha value is -1.41. The molecule has 8 heteroatoms. The number of nitrogens with one attached hydrogen (secondary N) is 1. The minimum absolute atomic E-state index is 0.0782. The van der Waals surface area contributed by atoms with Crippen LogP contribution in [-0.2, 0) is 16.6 Å². The van der Waals surface area contributed by atoms with Gasteiger partial charge in [0, 0.05) is 15.5 Å². The molecular formula is C13H13ClN2O3S2. The Morgan fingerprint density at radius 2 is 2.05 bits per heavy atom. The molecular weight excluding hydrogens is 332 g/mol. The molecule has 21 heavy (non-hydrogen) atoms. The Balaban J connectivity index is 2.06. The molecule has 5 nitrogen and oxygen atoms in total. The number of aryl methyl sites for hydroxylation is 1. The lowest BCUT2D eigenvalue weighted by molar-refractivity contribution is 0.0950. The Bertz CT molecular complexity index is 784. The summed E-state index contributed by atoms with van der Waals surface area (Å²) in [6.45, 7) is 2.03. The van der Waals surface area contributed by atoms with Crippen LogP contribution in [0.25, 0.3) is 0 Å². The van der Waals surface area contributed by atoms with Crippen LogP contribution in [0.4, 0.5) is 0 Å². The van der Waals surface area contributed by atoms with Gasteiger partial charge in [-0.3, -0.25) is 4.79 Å². The summed E-state index contributed by atoms with van der Waals surface area (Å²) >= 11 is 6.88. The number of carbonyl (C=O) groups is 1. The number of hydrogen-bond donors (Lipinski definition) is 2. The number of carbonyl (C=O) groups excluding carboxylic acids is 1. The van der Waals surface area contributed by atoms with E-state index in [4.69, 9.17) is 16.7 Å². The van der Waals surface area contributed by atoms with Crippen LogP contribution in [0.3, 0.4) is 0 Å². The van der Waals surface area contributed by atoms with Gasteiger partial charge in [0.1, 0.15) is 4.21 Å². The Morgan fingerprint density at radius 3 is 2.62 bits per heavy atom. The number of primary sulfonamides is 1. The van der Waals surface area contributed by atoms with Gasteiger partial charge < -0.3 is 5.32 Å². The summed E-state index contributed by atoms with van der Waals surface area (Å²) in [6.07, 6.45) is 0. The highest BCUT2D eigenvalue weighted by Gasteiger charge is 2.13. The Kier molecular flexibility index (Phi) is 4.67.